The second-order valence-electron chi connectivity index (χ2n) is 8.81. The van der Waals surface area contributed by atoms with Gasteiger partial charge in [0, 0.05) is 16.6 Å². The predicted octanol–water partition coefficient (Wildman–Crippen LogP) is 5.10. The van der Waals surface area contributed by atoms with E-state index in [1.54, 1.807) is 63.2 Å². The molecule has 0 aliphatic heterocycles. The number of carbonyl (C=O) groups is 4. The molecular formula is C27H30BrNO7. The second-order valence-corrected chi connectivity index (χ2v) is 9.73. The van der Waals surface area contributed by atoms with Gasteiger partial charge in [0.2, 0.25) is 5.78 Å². The number of esters is 2. The predicted molar refractivity (Wildman–Crippen MR) is 137 cm³/mol. The van der Waals surface area contributed by atoms with E-state index in [0.717, 1.165) is 9.37 Å². The number of Topliss-reactive ketones (excluding diaryl/α,β-unsaturated/α-hetero) is 1. The Kier molecular flexibility index (Phi) is 10.9. The van der Waals surface area contributed by atoms with E-state index in [2.05, 4.69) is 22.5 Å². The van der Waals surface area contributed by atoms with Gasteiger partial charge in [0.25, 0.3) is 6.10 Å². The van der Waals surface area contributed by atoms with Crippen LogP contribution in [-0.4, -0.2) is 53.5 Å². The van der Waals surface area contributed by atoms with Gasteiger partial charge in [-0.25, -0.2) is 9.59 Å². The summed E-state index contributed by atoms with van der Waals surface area (Å²) in [6.45, 7) is 8.22. The molecule has 0 aromatic heterocycles. The number of halogens is 1. The summed E-state index contributed by atoms with van der Waals surface area (Å²) in [5.41, 5.74) is 0.0743. The summed E-state index contributed by atoms with van der Waals surface area (Å²) in [4.78, 5) is 52.5. The number of hydrogen-bond donors (Lipinski definition) is 0. The van der Waals surface area contributed by atoms with Crippen molar-refractivity contribution in [3.8, 4) is 0 Å². The van der Waals surface area contributed by atoms with Crippen molar-refractivity contribution in [1.82, 2.24) is 4.90 Å². The summed E-state index contributed by atoms with van der Waals surface area (Å²) in [5, 5.41) is 0. The van der Waals surface area contributed by atoms with Gasteiger partial charge in [-0.3, -0.25) is 14.5 Å². The normalized spacial score (nSPS) is 11.7. The van der Waals surface area contributed by atoms with Crippen LogP contribution in [0.4, 0.5) is 4.79 Å². The van der Waals surface area contributed by atoms with Gasteiger partial charge in [0.1, 0.15) is 18.8 Å². The fourth-order valence-corrected chi connectivity index (χ4v) is 3.18. The van der Waals surface area contributed by atoms with E-state index in [-0.39, 0.29) is 18.7 Å². The number of amides is 1. The molecule has 0 saturated heterocycles. The van der Waals surface area contributed by atoms with Crippen LogP contribution in [0.15, 0.2) is 71.7 Å². The Hall–Kier alpha value is -3.46. The molecule has 1 amide bonds. The van der Waals surface area contributed by atoms with E-state index < -0.39 is 42.1 Å². The zero-order valence-corrected chi connectivity index (χ0v) is 22.2. The smallest absolute Gasteiger partial charge is 0.410 e. The van der Waals surface area contributed by atoms with Crippen molar-refractivity contribution in [3.05, 3.63) is 82.9 Å². The number of ether oxygens (including phenoxy) is 3. The van der Waals surface area contributed by atoms with Crippen molar-refractivity contribution in [3.63, 3.8) is 0 Å². The zero-order valence-electron chi connectivity index (χ0n) is 20.6. The highest BCUT2D eigenvalue weighted by Gasteiger charge is 2.34. The Balaban J connectivity index is 2.20. The minimum absolute atomic E-state index is 0.106. The lowest BCUT2D eigenvalue weighted by Gasteiger charge is -2.27. The van der Waals surface area contributed by atoms with Gasteiger partial charge in [0.15, 0.2) is 0 Å². The third kappa shape index (κ3) is 9.65. The lowest BCUT2D eigenvalue weighted by molar-refractivity contribution is -0.165. The third-order valence-electron chi connectivity index (χ3n) is 4.63. The standard InChI is InChI=1S/C27H30BrNO7/c1-5-6-16-29(26(33)36-27(2,3)4)17-22(30)35-24(23(31)20-12-14-21(28)15-13-20)25(32)34-18-19-10-8-7-9-11-19/h5,7-15,24H,1,6,16-18H2,2-4H3. The molecule has 192 valence electrons. The van der Waals surface area contributed by atoms with E-state index in [1.165, 1.54) is 12.1 Å². The summed E-state index contributed by atoms with van der Waals surface area (Å²) in [7, 11) is 0. The van der Waals surface area contributed by atoms with Crippen molar-refractivity contribution < 1.29 is 33.4 Å². The molecule has 0 spiro atoms. The van der Waals surface area contributed by atoms with Crippen molar-refractivity contribution in [2.24, 2.45) is 0 Å². The van der Waals surface area contributed by atoms with Crippen LogP contribution < -0.4 is 0 Å². The first kappa shape index (κ1) is 28.8. The topological polar surface area (TPSA) is 99.2 Å². The molecule has 0 aliphatic carbocycles. The molecular weight excluding hydrogens is 530 g/mol. The Morgan fingerprint density at radius 2 is 1.67 bits per heavy atom. The SMILES string of the molecule is C=CCCN(CC(=O)OC(C(=O)OCc1ccccc1)C(=O)c1ccc(Br)cc1)C(=O)OC(C)(C)C. The molecule has 2 rings (SSSR count). The van der Waals surface area contributed by atoms with E-state index in [4.69, 9.17) is 14.2 Å². The molecule has 0 heterocycles. The van der Waals surface area contributed by atoms with Crippen LogP contribution in [0.2, 0.25) is 0 Å². The van der Waals surface area contributed by atoms with Gasteiger partial charge in [-0.15, -0.1) is 6.58 Å². The molecule has 8 nitrogen and oxygen atoms in total. The maximum Gasteiger partial charge on any atom is 0.410 e. The van der Waals surface area contributed by atoms with E-state index >= 15 is 0 Å². The van der Waals surface area contributed by atoms with Crippen molar-refractivity contribution in [2.45, 2.75) is 45.5 Å². The van der Waals surface area contributed by atoms with Crippen LogP contribution >= 0.6 is 15.9 Å². The fourth-order valence-electron chi connectivity index (χ4n) is 2.91. The Labute approximate surface area is 219 Å². The first-order valence-corrected chi connectivity index (χ1v) is 12.1. The summed E-state index contributed by atoms with van der Waals surface area (Å²) in [6, 6.07) is 15.1. The summed E-state index contributed by atoms with van der Waals surface area (Å²) >= 11 is 3.29. The van der Waals surface area contributed by atoms with Crippen molar-refractivity contribution >= 4 is 39.7 Å². The summed E-state index contributed by atoms with van der Waals surface area (Å²) < 4.78 is 16.6. The maximum atomic E-state index is 13.1. The molecule has 0 radical (unpaired) electrons. The summed E-state index contributed by atoms with van der Waals surface area (Å²) in [6.07, 6.45) is -0.595. The molecule has 1 atom stereocenters. The molecule has 9 heteroatoms. The van der Waals surface area contributed by atoms with Gasteiger partial charge in [-0.1, -0.05) is 64.5 Å². The monoisotopic (exact) mass is 559 g/mol. The highest BCUT2D eigenvalue weighted by atomic mass is 79.9. The number of carbonyl (C=O) groups excluding carboxylic acids is 4. The van der Waals surface area contributed by atoms with Crippen LogP contribution in [-0.2, 0) is 30.4 Å². The Morgan fingerprint density at radius 1 is 1.03 bits per heavy atom. The molecule has 0 bridgehead atoms. The molecule has 2 aromatic rings. The number of rotatable bonds is 11. The minimum Gasteiger partial charge on any atom is -0.458 e. The zero-order chi connectivity index (χ0) is 26.7. The van der Waals surface area contributed by atoms with Crippen LogP contribution in [0.5, 0.6) is 0 Å². The molecule has 0 aliphatic rings. The molecule has 0 N–H and O–H groups in total. The van der Waals surface area contributed by atoms with Gasteiger partial charge in [-0.2, -0.15) is 0 Å². The van der Waals surface area contributed by atoms with E-state index in [1.807, 2.05) is 6.07 Å². The quantitative estimate of drug-likeness (QED) is 0.124. The summed E-state index contributed by atoms with van der Waals surface area (Å²) in [5.74, 6) is -2.73. The number of hydrogen-bond acceptors (Lipinski definition) is 7. The van der Waals surface area contributed by atoms with E-state index in [9.17, 15) is 19.2 Å². The molecule has 0 fully saturated rings. The molecule has 2 aromatic carbocycles. The van der Waals surface area contributed by atoms with Crippen LogP contribution in [0.25, 0.3) is 0 Å². The number of nitrogens with zero attached hydrogens (tertiary/aromatic N) is 1. The third-order valence-corrected chi connectivity index (χ3v) is 5.16. The molecule has 0 saturated carbocycles. The Bertz CT molecular complexity index is 1060. The lowest BCUT2D eigenvalue weighted by Crippen LogP contribution is -2.43. The minimum atomic E-state index is -1.85. The fraction of sp³-hybridized carbons (Fsp3) is 0.333. The van der Waals surface area contributed by atoms with Gasteiger partial charge < -0.3 is 14.2 Å². The largest absolute Gasteiger partial charge is 0.458 e. The van der Waals surface area contributed by atoms with Crippen molar-refractivity contribution in [1.29, 1.82) is 0 Å². The number of ketones is 1. The highest BCUT2D eigenvalue weighted by Crippen LogP contribution is 2.16. The average Bonchev–Trinajstić information content (AvgIpc) is 2.83. The van der Waals surface area contributed by atoms with Crippen LogP contribution in [0, 0.1) is 0 Å². The lowest BCUT2D eigenvalue weighted by atomic mass is 10.1. The molecule has 1 unspecified atom stereocenters. The van der Waals surface area contributed by atoms with Gasteiger partial charge in [-0.05, 0) is 44.9 Å². The van der Waals surface area contributed by atoms with Crippen LogP contribution in [0.3, 0.4) is 0 Å². The number of benzene rings is 2. The molecule has 36 heavy (non-hydrogen) atoms. The van der Waals surface area contributed by atoms with E-state index in [0.29, 0.717) is 12.0 Å². The first-order chi connectivity index (χ1) is 17.0. The van der Waals surface area contributed by atoms with Crippen LogP contribution in [0.1, 0.15) is 43.1 Å². The highest BCUT2D eigenvalue weighted by molar-refractivity contribution is 9.10. The Morgan fingerprint density at radius 3 is 2.25 bits per heavy atom. The average molecular weight is 560 g/mol. The second kappa shape index (κ2) is 13.6. The van der Waals surface area contributed by atoms with Gasteiger partial charge in [0.05, 0.1) is 0 Å². The van der Waals surface area contributed by atoms with Crippen molar-refractivity contribution in [2.75, 3.05) is 13.1 Å². The maximum absolute atomic E-state index is 13.1. The van der Waals surface area contributed by atoms with Gasteiger partial charge >= 0.3 is 18.0 Å². The first-order valence-electron chi connectivity index (χ1n) is 11.3.